The molecule has 2 N–H and O–H groups in total. The zero-order valence-corrected chi connectivity index (χ0v) is 22.3. The molecule has 0 radical (unpaired) electrons. The van der Waals surface area contributed by atoms with Crippen molar-refractivity contribution in [2.45, 2.75) is 37.3 Å². The van der Waals surface area contributed by atoms with Crippen molar-refractivity contribution in [2.24, 2.45) is 5.14 Å². The second kappa shape index (κ2) is 10.4. The van der Waals surface area contributed by atoms with E-state index in [1.165, 1.54) is 30.3 Å². The number of nitrogens with zero attached hydrogens (tertiary/aromatic N) is 3. The normalized spacial score (nSPS) is 12.1. The van der Waals surface area contributed by atoms with Gasteiger partial charge >= 0.3 is 0 Å². The molecule has 2 aromatic heterocycles. The first-order chi connectivity index (χ1) is 17.0. The van der Waals surface area contributed by atoms with Crippen molar-refractivity contribution < 1.29 is 17.5 Å². The second-order valence-electron chi connectivity index (χ2n) is 9.76. The molecule has 188 valence electrons. The summed E-state index contributed by atoms with van der Waals surface area (Å²) in [6, 6.07) is 17.3. The van der Waals surface area contributed by atoms with Gasteiger partial charge in [-0.2, -0.15) is 5.10 Å². The lowest BCUT2D eigenvalue weighted by Crippen LogP contribution is -2.22. The maximum absolute atomic E-state index is 14.8. The first kappa shape index (κ1) is 25.9. The van der Waals surface area contributed by atoms with Gasteiger partial charge in [-0.15, -0.1) is 0 Å². The maximum Gasteiger partial charge on any atom is 0.238 e. The Morgan fingerprint density at radius 3 is 2.36 bits per heavy atom. The van der Waals surface area contributed by atoms with E-state index in [0.717, 1.165) is 17.2 Å². The van der Waals surface area contributed by atoms with Crippen LogP contribution in [0.4, 0.5) is 4.39 Å². The van der Waals surface area contributed by atoms with Gasteiger partial charge in [-0.05, 0) is 53.6 Å². The first-order valence-corrected chi connectivity index (χ1v) is 16.8. The highest BCUT2D eigenvalue weighted by molar-refractivity contribution is 7.89. The van der Waals surface area contributed by atoms with E-state index >= 15 is 0 Å². The van der Waals surface area contributed by atoms with Crippen LogP contribution < -0.4 is 5.14 Å². The van der Waals surface area contributed by atoms with E-state index < -0.39 is 23.9 Å². The third-order valence-electron chi connectivity index (χ3n) is 5.66. The molecule has 0 saturated heterocycles. The summed E-state index contributed by atoms with van der Waals surface area (Å²) in [4.78, 5) is 4.42. The van der Waals surface area contributed by atoms with Crippen molar-refractivity contribution in [3.8, 4) is 33.6 Å². The molecule has 7 nitrogen and oxygen atoms in total. The van der Waals surface area contributed by atoms with Crippen LogP contribution in [0.2, 0.25) is 25.7 Å². The van der Waals surface area contributed by atoms with E-state index in [1.54, 1.807) is 23.0 Å². The number of hydrogen-bond donors (Lipinski definition) is 1. The SMILES string of the molecule is C[Si](C)(C)CCOCn1cc(-c2ccc(F)c(-c3ccc(S(N)(=O)=O)cc3)c2)c(-c2ccccn2)n1. The lowest BCUT2D eigenvalue weighted by molar-refractivity contribution is 0.0787. The molecule has 4 aromatic rings. The van der Waals surface area contributed by atoms with Crippen molar-refractivity contribution in [3.05, 3.63) is 78.9 Å². The molecule has 0 aliphatic heterocycles. The molecule has 4 rings (SSSR count). The molecule has 10 heteroatoms. The molecule has 0 fully saturated rings. The van der Waals surface area contributed by atoms with Crippen LogP contribution in [0.15, 0.2) is 78.0 Å². The minimum absolute atomic E-state index is 0.0318. The summed E-state index contributed by atoms with van der Waals surface area (Å²) in [6.07, 6.45) is 3.57. The fraction of sp³-hybridized carbons (Fsp3) is 0.231. The molecule has 2 aromatic carbocycles. The predicted molar refractivity (Wildman–Crippen MR) is 142 cm³/mol. The summed E-state index contributed by atoms with van der Waals surface area (Å²) in [5.74, 6) is -0.427. The second-order valence-corrected chi connectivity index (χ2v) is 16.9. The number of benzene rings is 2. The van der Waals surface area contributed by atoms with Crippen molar-refractivity contribution in [1.29, 1.82) is 0 Å². The highest BCUT2D eigenvalue weighted by Gasteiger charge is 2.18. The maximum atomic E-state index is 14.8. The van der Waals surface area contributed by atoms with Gasteiger partial charge in [0.25, 0.3) is 0 Å². The quantitative estimate of drug-likeness (QED) is 0.234. The standard InChI is InChI=1S/C26H29FN4O3SSi/c1-36(2,3)15-14-34-18-31-17-23(26(30-31)25-6-4-5-13-29-25)20-9-12-24(27)22(16-20)19-7-10-21(11-8-19)35(28,32)33/h4-13,16-17H,14-15,18H2,1-3H3,(H2,28,32,33). The summed E-state index contributed by atoms with van der Waals surface area (Å²) in [5, 5.41) is 9.91. The highest BCUT2D eigenvalue weighted by atomic mass is 32.2. The Morgan fingerprint density at radius 2 is 1.72 bits per heavy atom. The Kier molecular flexibility index (Phi) is 7.50. The van der Waals surface area contributed by atoms with E-state index in [-0.39, 0.29) is 4.90 Å². The predicted octanol–water partition coefficient (Wildman–Crippen LogP) is 5.38. The molecule has 2 heterocycles. The minimum atomic E-state index is -3.84. The fourth-order valence-corrected chi connectivity index (χ4v) is 4.94. The molecule has 0 aliphatic carbocycles. The Labute approximate surface area is 211 Å². The van der Waals surface area contributed by atoms with Gasteiger partial charge in [0.05, 0.1) is 10.6 Å². The Hall–Kier alpha value is -3.18. The van der Waals surface area contributed by atoms with Crippen LogP contribution in [-0.4, -0.2) is 37.9 Å². The first-order valence-electron chi connectivity index (χ1n) is 11.5. The molecule has 36 heavy (non-hydrogen) atoms. The Bertz CT molecular complexity index is 1450. The topological polar surface area (TPSA) is 100 Å². The zero-order chi connectivity index (χ0) is 25.9. The van der Waals surface area contributed by atoms with Gasteiger partial charge in [0.2, 0.25) is 10.0 Å². The number of nitrogens with two attached hydrogens (primary N) is 1. The summed E-state index contributed by atoms with van der Waals surface area (Å²) >= 11 is 0. The number of pyridine rings is 1. The molecule has 0 atom stereocenters. The van der Waals surface area contributed by atoms with E-state index in [9.17, 15) is 12.8 Å². The van der Waals surface area contributed by atoms with Gasteiger partial charge in [0.15, 0.2) is 0 Å². The highest BCUT2D eigenvalue weighted by Crippen LogP contribution is 2.34. The van der Waals surface area contributed by atoms with Crippen molar-refractivity contribution in [1.82, 2.24) is 14.8 Å². The van der Waals surface area contributed by atoms with Crippen molar-refractivity contribution in [3.63, 3.8) is 0 Å². The van der Waals surface area contributed by atoms with Crippen LogP contribution in [0.25, 0.3) is 33.6 Å². The minimum Gasteiger partial charge on any atom is -0.360 e. The third-order valence-corrected chi connectivity index (χ3v) is 8.29. The van der Waals surface area contributed by atoms with Gasteiger partial charge in [-0.25, -0.2) is 22.6 Å². The fourth-order valence-electron chi connectivity index (χ4n) is 3.67. The summed E-state index contributed by atoms with van der Waals surface area (Å²) in [5.41, 5.74) is 3.74. The van der Waals surface area contributed by atoms with Crippen LogP contribution in [0, 0.1) is 5.82 Å². The number of hydrogen-bond acceptors (Lipinski definition) is 5. The van der Waals surface area contributed by atoms with Gasteiger partial charge in [-0.3, -0.25) is 4.98 Å². The van der Waals surface area contributed by atoms with Crippen LogP contribution in [-0.2, 0) is 21.5 Å². The summed E-state index contributed by atoms with van der Waals surface area (Å²) < 4.78 is 45.6. The lowest BCUT2D eigenvalue weighted by atomic mass is 9.98. The molecule has 0 aliphatic rings. The van der Waals surface area contributed by atoms with Gasteiger partial charge in [-0.1, -0.05) is 43.9 Å². The lowest BCUT2D eigenvalue weighted by Gasteiger charge is -2.15. The molecular formula is C26H29FN4O3SSi. The zero-order valence-electron chi connectivity index (χ0n) is 20.5. The molecule has 0 saturated carbocycles. The van der Waals surface area contributed by atoms with Crippen molar-refractivity contribution in [2.75, 3.05) is 6.61 Å². The summed E-state index contributed by atoms with van der Waals surface area (Å²) in [7, 11) is -5.04. The monoisotopic (exact) mass is 524 g/mol. The van der Waals surface area contributed by atoms with Crippen LogP contribution >= 0.6 is 0 Å². The van der Waals surface area contributed by atoms with E-state index in [0.29, 0.717) is 35.9 Å². The molecule has 0 amide bonds. The third kappa shape index (κ3) is 6.32. The molecule has 0 unspecified atom stereocenters. The number of ether oxygens (including phenoxy) is 1. The molecular weight excluding hydrogens is 495 g/mol. The van der Waals surface area contributed by atoms with E-state index in [4.69, 9.17) is 15.0 Å². The number of halogens is 1. The Morgan fingerprint density at radius 1 is 1.00 bits per heavy atom. The molecule has 0 spiro atoms. The van der Waals surface area contributed by atoms with Crippen LogP contribution in [0.1, 0.15) is 0 Å². The smallest absolute Gasteiger partial charge is 0.238 e. The van der Waals surface area contributed by atoms with E-state index in [2.05, 4.69) is 24.6 Å². The van der Waals surface area contributed by atoms with Gasteiger partial charge in [0, 0.05) is 38.2 Å². The number of primary sulfonamides is 1. The van der Waals surface area contributed by atoms with Crippen LogP contribution in [0.5, 0.6) is 0 Å². The van der Waals surface area contributed by atoms with Gasteiger partial charge in [0.1, 0.15) is 18.2 Å². The average Bonchev–Trinajstić information content (AvgIpc) is 3.26. The van der Waals surface area contributed by atoms with E-state index in [1.807, 2.05) is 24.4 Å². The van der Waals surface area contributed by atoms with Gasteiger partial charge < -0.3 is 4.74 Å². The number of sulfonamides is 1. The van der Waals surface area contributed by atoms with Crippen molar-refractivity contribution >= 4 is 18.1 Å². The largest absolute Gasteiger partial charge is 0.360 e. The molecule has 0 bridgehead atoms. The number of aromatic nitrogens is 3. The van der Waals surface area contributed by atoms with Crippen LogP contribution in [0.3, 0.4) is 0 Å². The summed E-state index contributed by atoms with van der Waals surface area (Å²) in [6.45, 7) is 7.87. The average molecular weight is 525 g/mol. The Balaban J connectivity index is 1.70. The number of rotatable bonds is 9.